The molecule has 0 bridgehead atoms. The molecule has 0 aromatic heterocycles. The SMILES string of the molecule is Cc1cccc(NC(=O)c2ccc(CN3C(=O)COc4ccccc43)cc2)c1. The standard InChI is InChI=1S/C23H20N2O3/c1-16-5-4-6-19(13-16)24-23(27)18-11-9-17(10-12-18)14-25-20-7-2-3-8-21(20)28-15-22(25)26/h2-13H,14-15H2,1H3,(H,24,27). The van der Waals surface area contributed by atoms with Crippen molar-refractivity contribution in [3.8, 4) is 5.75 Å². The van der Waals surface area contributed by atoms with Gasteiger partial charge in [-0.2, -0.15) is 0 Å². The lowest BCUT2D eigenvalue weighted by molar-refractivity contribution is -0.121. The van der Waals surface area contributed by atoms with Gasteiger partial charge in [-0.25, -0.2) is 0 Å². The quantitative estimate of drug-likeness (QED) is 0.748. The molecule has 3 aromatic carbocycles. The third-order valence-electron chi connectivity index (χ3n) is 4.64. The number of aryl methyl sites for hydroxylation is 1. The zero-order chi connectivity index (χ0) is 19.5. The first-order valence-electron chi connectivity index (χ1n) is 9.09. The number of fused-ring (bicyclic) bond motifs is 1. The zero-order valence-corrected chi connectivity index (χ0v) is 15.5. The normalized spacial score (nSPS) is 12.9. The number of nitrogens with one attached hydrogen (secondary N) is 1. The van der Waals surface area contributed by atoms with Gasteiger partial charge in [0.25, 0.3) is 11.8 Å². The van der Waals surface area contributed by atoms with Crippen LogP contribution in [0.3, 0.4) is 0 Å². The van der Waals surface area contributed by atoms with Crippen molar-refractivity contribution in [2.75, 3.05) is 16.8 Å². The summed E-state index contributed by atoms with van der Waals surface area (Å²) >= 11 is 0. The number of ether oxygens (including phenoxy) is 1. The van der Waals surface area contributed by atoms with Crippen molar-refractivity contribution >= 4 is 23.2 Å². The summed E-state index contributed by atoms with van der Waals surface area (Å²) in [5.41, 5.74) is 4.13. The second kappa shape index (κ2) is 7.56. The molecule has 3 aromatic rings. The van der Waals surface area contributed by atoms with Crippen LogP contribution in [-0.2, 0) is 11.3 Å². The summed E-state index contributed by atoms with van der Waals surface area (Å²) in [6.45, 7) is 2.45. The van der Waals surface area contributed by atoms with Crippen LogP contribution in [-0.4, -0.2) is 18.4 Å². The molecule has 1 heterocycles. The monoisotopic (exact) mass is 372 g/mol. The predicted octanol–water partition coefficient (Wildman–Crippen LogP) is 4.17. The van der Waals surface area contributed by atoms with E-state index in [2.05, 4.69) is 5.32 Å². The fourth-order valence-electron chi connectivity index (χ4n) is 3.20. The maximum Gasteiger partial charge on any atom is 0.265 e. The molecule has 0 aliphatic carbocycles. The minimum atomic E-state index is -0.162. The maximum atomic E-state index is 12.5. The highest BCUT2D eigenvalue weighted by molar-refractivity contribution is 6.04. The highest BCUT2D eigenvalue weighted by Gasteiger charge is 2.25. The Balaban J connectivity index is 1.48. The van der Waals surface area contributed by atoms with Crippen LogP contribution in [0.2, 0.25) is 0 Å². The Morgan fingerprint density at radius 1 is 1.04 bits per heavy atom. The van der Waals surface area contributed by atoms with Gasteiger partial charge in [0, 0.05) is 11.3 Å². The number of carbonyl (C=O) groups is 2. The van der Waals surface area contributed by atoms with E-state index in [0.29, 0.717) is 17.9 Å². The third kappa shape index (κ3) is 3.74. The Kier molecular flexibility index (Phi) is 4.81. The van der Waals surface area contributed by atoms with Gasteiger partial charge in [-0.15, -0.1) is 0 Å². The van der Waals surface area contributed by atoms with Crippen LogP contribution in [0.5, 0.6) is 5.75 Å². The molecule has 0 spiro atoms. The minimum Gasteiger partial charge on any atom is -0.482 e. The molecule has 0 fully saturated rings. The van der Waals surface area contributed by atoms with Gasteiger partial charge in [0.2, 0.25) is 0 Å². The van der Waals surface area contributed by atoms with Crippen molar-refractivity contribution in [3.63, 3.8) is 0 Å². The Hall–Kier alpha value is -3.60. The van der Waals surface area contributed by atoms with Crippen molar-refractivity contribution in [1.29, 1.82) is 0 Å². The summed E-state index contributed by atoms with van der Waals surface area (Å²) in [4.78, 5) is 26.5. The van der Waals surface area contributed by atoms with Crippen molar-refractivity contribution in [1.82, 2.24) is 0 Å². The zero-order valence-electron chi connectivity index (χ0n) is 15.5. The van der Waals surface area contributed by atoms with E-state index in [-0.39, 0.29) is 18.4 Å². The average Bonchev–Trinajstić information content (AvgIpc) is 2.71. The molecular weight excluding hydrogens is 352 g/mol. The number of benzene rings is 3. The number of hydrogen-bond donors (Lipinski definition) is 1. The predicted molar refractivity (Wildman–Crippen MR) is 109 cm³/mol. The molecule has 1 aliphatic heterocycles. The highest BCUT2D eigenvalue weighted by atomic mass is 16.5. The van der Waals surface area contributed by atoms with Crippen molar-refractivity contribution in [2.45, 2.75) is 13.5 Å². The molecule has 2 amide bonds. The van der Waals surface area contributed by atoms with Gasteiger partial charge in [0.05, 0.1) is 12.2 Å². The van der Waals surface area contributed by atoms with E-state index < -0.39 is 0 Å². The van der Waals surface area contributed by atoms with E-state index >= 15 is 0 Å². The molecule has 0 radical (unpaired) electrons. The van der Waals surface area contributed by atoms with Gasteiger partial charge in [-0.1, -0.05) is 36.4 Å². The molecule has 0 saturated heterocycles. The summed E-state index contributed by atoms with van der Waals surface area (Å²) < 4.78 is 5.48. The van der Waals surface area contributed by atoms with Crippen LogP contribution in [0.4, 0.5) is 11.4 Å². The summed E-state index contributed by atoms with van der Waals surface area (Å²) in [6.07, 6.45) is 0. The van der Waals surface area contributed by atoms with E-state index in [1.807, 2.05) is 67.6 Å². The van der Waals surface area contributed by atoms with Crippen molar-refractivity contribution in [2.24, 2.45) is 0 Å². The minimum absolute atomic E-state index is 0.0357. The second-order valence-corrected chi connectivity index (χ2v) is 6.76. The molecule has 4 rings (SSSR count). The first-order valence-corrected chi connectivity index (χ1v) is 9.09. The van der Waals surface area contributed by atoms with Crippen LogP contribution in [0.15, 0.2) is 72.8 Å². The Morgan fingerprint density at radius 2 is 1.82 bits per heavy atom. The summed E-state index contributed by atoms with van der Waals surface area (Å²) in [6, 6.07) is 22.5. The smallest absolute Gasteiger partial charge is 0.265 e. The van der Waals surface area contributed by atoms with Gasteiger partial charge >= 0.3 is 0 Å². The fourth-order valence-corrected chi connectivity index (χ4v) is 3.20. The molecular formula is C23H20N2O3. The number of nitrogens with zero attached hydrogens (tertiary/aromatic N) is 1. The number of para-hydroxylation sites is 2. The molecule has 5 nitrogen and oxygen atoms in total. The van der Waals surface area contributed by atoms with Crippen LogP contribution in [0.1, 0.15) is 21.5 Å². The molecule has 28 heavy (non-hydrogen) atoms. The van der Waals surface area contributed by atoms with Crippen LogP contribution >= 0.6 is 0 Å². The summed E-state index contributed by atoms with van der Waals surface area (Å²) in [5.74, 6) is 0.459. The maximum absolute atomic E-state index is 12.5. The van der Waals surface area contributed by atoms with E-state index in [4.69, 9.17) is 4.74 Å². The molecule has 140 valence electrons. The van der Waals surface area contributed by atoms with E-state index in [1.54, 1.807) is 17.0 Å². The molecule has 1 N–H and O–H groups in total. The van der Waals surface area contributed by atoms with Gasteiger partial charge in [0.15, 0.2) is 6.61 Å². The average molecular weight is 372 g/mol. The number of hydrogen-bond acceptors (Lipinski definition) is 3. The van der Waals surface area contributed by atoms with Crippen LogP contribution < -0.4 is 15.0 Å². The second-order valence-electron chi connectivity index (χ2n) is 6.76. The number of rotatable bonds is 4. The molecule has 1 aliphatic rings. The molecule has 0 saturated carbocycles. The van der Waals surface area contributed by atoms with Crippen LogP contribution in [0.25, 0.3) is 0 Å². The van der Waals surface area contributed by atoms with Crippen molar-refractivity contribution < 1.29 is 14.3 Å². The summed E-state index contributed by atoms with van der Waals surface area (Å²) in [5, 5.41) is 2.90. The molecule has 0 unspecified atom stereocenters. The van der Waals surface area contributed by atoms with Crippen molar-refractivity contribution in [3.05, 3.63) is 89.5 Å². The molecule has 0 atom stereocenters. The number of amides is 2. The Morgan fingerprint density at radius 3 is 2.61 bits per heavy atom. The first-order chi connectivity index (χ1) is 13.6. The number of carbonyl (C=O) groups excluding carboxylic acids is 2. The Labute approximate surface area is 163 Å². The van der Waals surface area contributed by atoms with E-state index in [9.17, 15) is 9.59 Å². The van der Waals surface area contributed by atoms with Gasteiger partial charge < -0.3 is 15.0 Å². The van der Waals surface area contributed by atoms with Gasteiger partial charge in [0.1, 0.15) is 5.75 Å². The first kappa shape index (κ1) is 17.8. The van der Waals surface area contributed by atoms with E-state index in [0.717, 1.165) is 22.5 Å². The lowest BCUT2D eigenvalue weighted by Crippen LogP contribution is -2.38. The lowest BCUT2D eigenvalue weighted by Gasteiger charge is -2.29. The van der Waals surface area contributed by atoms with Crippen LogP contribution in [0, 0.1) is 6.92 Å². The third-order valence-corrected chi connectivity index (χ3v) is 4.64. The van der Waals surface area contributed by atoms with Gasteiger partial charge in [-0.3, -0.25) is 9.59 Å². The topological polar surface area (TPSA) is 58.6 Å². The molecule has 5 heteroatoms. The lowest BCUT2D eigenvalue weighted by atomic mass is 10.1. The fraction of sp³-hybridized carbons (Fsp3) is 0.130. The van der Waals surface area contributed by atoms with Gasteiger partial charge in [-0.05, 0) is 54.4 Å². The Bertz CT molecular complexity index is 1030. The highest BCUT2D eigenvalue weighted by Crippen LogP contribution is 2.32. The summed E-state index contributed by atoms with van der Waals surface area (Å²) in [7, 11) is 0. The largest absolute Gasteiger partial charge is 0.482 e. The number of anilines is 2. The van der Waals surface area contributed by atoms with E-state index in [1.165, 1.54) is 0 Å².